The van der Waals surface area contributed by atoms with Crippen LogP contribution in [0.3, 0.4) is 0 Å². The van der Waals surface area contributed by atoms with Gasteiger partial charge in [-0.3, -0.25) is 14.4 Å². The predicted molar refractivity (Wildman–Crippen MR) is 104 cm³/mol. The van der Waals surface area contributed by atoms with E-state index in [1.54, 1.807) is 22.0 Å². The molecule has 3 amide bonds. The molecule has 2 unspecified atom stereocenters. The number of anilines is 1. The lowest BCUT2D eigenvalue weighted by Crippen LogP contribution is -2.56. The molecule has 0 spiro atoms. The Morgan fingerprint density at radius 3 is 2.82 bits per heavy atom. The highest BCUT2D eigenvalue weighted by atomic mass is 16.2. The molecule has 2 aromatic rings. The maximum Gasteiger partial charge on any atom is 0.318 e. The summed E-state index contributed by atoms with van der Waals surface area (Å²) in [6.45, 7) is 3.22. The number of nitrogens with zero attached hydrogens (tertiary/aromatic N) is 5. The maximum atomic E-state index is 13.0. The van der Waals surface area contributed by atoms with Crippen LogP contribution >= 0.6 is 0 Å². The second kappa shape index (κ2) is 7.65. The van der Waals surface area contributed by atoms with E-state index in [4.69, 9.17) is 0 Å². The number of hydrogen-bond acceptors (Lipinski definition) is 4. The Kier molecular flexibility index (Phi) is 5.06. The van der Waals surface area contributed by atoms with Gasteiger partial charge in [0.2, 0.25) is 0 Å². The molecule has 0 saturated carbocycles. The van der Waals surface area contributed by atoms with Crippen molar-refractivity contribution in [1.82, 2.24) is 30.0 Å². The number of aromatic amines is 1. The summed E-state index contributed by atoms with van der Waals surface area (Å²) in [6, 6.07) is 1.12. The smallest absolute Gasteiger partial charge is 0.318 e. The molecule has 2 N–H and O–H groups in total. The summed E-state index contributed by atoms with van der Waals surface area (Å²) < 4.78 is 1.72. The fraction of sp³-hybridized carbons (Fsp3) is 0.579. The molecule has 2 saturated heterocycles. The van der Waals surface area contributed by atoms with Gasteiger partial charge in [0.25, 0.3) is 5.91 Å². The first-order valence-corrected chi connectivity index (χ1v) is 9.93. The van der Waals surface area contributed by atoms with Crippen LogP contribution in [0.15, 0.2) is 18.5 Å². The van der Waals surface area contributed by atoms with Gasteiger partial charge in [0.05, 0.1) is 11.7 Å². The molecular weight excluding hydrogens is 358 g/mol. The Labute approximate surface area is 164 Å². The topological polar surface area (TPSA) is 99.2 Å². The molecule has 2 fully saturated rings. The fourth-order valence-corrected chi connectivity index (χ4v) is 4.24. The van der Waals surface area contributed by atoms with Crippen molar-refractivity contribution in [3.8, 4) is 0 Å². The Morgan fingerprint density at radius 2 is 2.11 bits per heavy atom. The molecule has 0 bridgehead atoms. The van der Waals surface area contributed by atoms with Crippen LogP contribution in [-0.4, -0.2) is 55.7 Å². The number of nitrogens with one attached hydrogen (secondary N) is 2. The van der Waals surface area contributed by atoms with Gasteiger partial charge in [-0.15, -0.1) is 0 Å². The number of urea groups is 1. The SMILES string of the molecule is Cc1cc(N2CCCC(NC(=O)N3CCCCC3c3ncc[nH]3)C2=O)n(C)n1. The summed E-state index contributed by atoms with van der Waals surface area (Å²) in [4.78, 5) is 37.1. The second-order valence-corrected chi connectivity index (χ2v) is 7.58. The first-order chi connectivity index (χ1) is 13.5. The van der Waals surface area contributed by atoms with Crippen LogP contribution in [0.5, 0.6) is 0 Å². The minimum Gasteiger partial charge on any atom is -0.347 e. The number of aryl methyl sites for hydroxylation is 2. The first kappa shape index (κ1) is 18.5. The van der Waals surface area contributed by atoms with E-state index >= 15 is 0 Å². The second-order valence-electron chi connectivity index (χ2n) is 7.58. The molecule has 2 aromatic heterocycles. The normalized spacial score (nSPS) is 23.1. The van der Waals surface area contributed by atoms with Crippen LogP contribution in [0.4, 0.5) is 10.6 Å². The minimum absolute atomic E-state index is 0.0710. The lowest BCUT2D eigenvalue weighted by Gasteiger charge is -2.37. The van der Waals surface area contributed by atoms with E-state index in [2.05, 4.69) is 20.4 Å². The first-order valence-electron chi connectivity index (χ1n) is 9.93. The van der Waals surface area contributed by atoms with Crippen molar-refractivity contribution in [3.63, 3.8) is 0 Å². The standard InChI is InChI=1S/C19H27N7O2/c1-13-12-16(24(2)23-13)26-11-5-6-14(18(26)27)22-19(28)25-10-4-3-7-15(25)17-20-8-9-21-17/h8-9,12,14-15H,3-7,10-11H2,1-2H3,(H,20,21)(H,22,28). The van der Waals surface area contributed by atoms with Gasteiger partial charge in [-0.1, -0.05) is 0 Å². The van der Waals surface area contributed by atoms with Crippen molar-refractivity contribution in [2.75, 3.05) is 18.0 Å². The zero-order chi connectivity index (χ0) is 19.7. The highest BCUT2D eigenvalue weighted by Crippen LogP contribution is 2.29. The molecule has 0 aliphatic carbocycles. The van der Waals surface area contributed by atoms with Crippen molar-refractivity contribution in [2.45, 2.75) is 51.1 Å². The van der Waals surface area contributed by atoms with Crippen molar-refractivity contribution >= 4 is 17.8 Å². The van der Waals surface area contributed by atoms with Gasteiger partial charge in [-0.2, -0.15) is 5.10 Å². The number of aromatic nitrogens is 4. The molecule has 2 atom stereocenters. The van der Waals surface area contributed by atoms with Crippen LogP contribution in [0.25, 0.3) is 0 Å². The van der Waals surface area contributed by atoms with Crippen LogP contribution in [0.1, 0.15) is 49.7 Å². The minimum atomic E-state index is -0.518. The van der Waals surface area contributed by atoms with E-state index in [1.165, 1.54) is 0 Å². The summed E-state index contributed by atoms with van der Waals surface area (Å²) in [5, 5.41) is 7.32. The molecule has 0 aromatic carbocycles. The van der Waals surface area contributed by atoms with Crippen molar-refractivity contribution < 1.29 is 9.59 Å². The average Bonchev–Trinajstić information content (AvgIpc) is 3.33. The fourth-order valence-electron chi connectivity index (χ4n) is 4.24. The largest absolute Gasteiger partial charge is 0.347 e. The number of carbonyl (C=O) groups is 2. The van der Waals surface area contributed by atoms with Crippen LogP contribution in [-0.2, 0) is 11.8 Å². The van der Waals surface area contributed by atoms with E-state index in [0.717, 1.165) is 43.0 Å². The molecule has 4 rings (SSSR count). The zero-order valence-electron chi connectivity index (χ0n) is 16.4. The van der Waals surface area contributed by atoms with E-state index in [1.807, 2.05) is 24.9 Å². The van der Waals surface area contributed by atoms with Crippen LogP contribution < -0.4 is 10.2 Å². The van der Waals surface area contributed by atoms with E-state index in [-0.39, 0.29) is 18.0 Å². The number of rotatable bonds is 3. The Bertz CT molecular complexity index is 845. The number of imidazole rings is 1. The Balaban J connectivity index is 1.47. The molecule has 9 heteroatoms. The number of amides is 3. The Morgan fingerprint density at radius 1 is 1.25 bits per heavy atom. The Hall–Kier alpha value is -2.84. The molecule has 2 aliphatic rings. The van der Waals surface area contributed by atoms with Crippen molar-refractivity contribution in [1.29, 1.82) is 0 Å². The quantitative estimate of drug-likeness (QED) is 0.843. The van der Waals surface area contributed by atoms with Gasteiger partial charge in [0.1, 0.15) is 17.7 Å². The molecule has 2 aliphatic heterocycles. The van der Waals surface area contributed by atoms with Gasteiger partial charge in [0, 0.05) is 38.6 Å². The molecule has 150 valence electrons. The van der Waals surface area contributed by atoms with Gasteiger partial charge in [-0.25, -0.2) is 9.78 Å². The number of H-pyrrole nitrogens is 1. The monoisotopic (exact) mass is 385 g/mol. The van der Waals surface area contributed by atoms with E-state index < -0.39 is 6.04 Å². The number of likely N-dealkylation sites (tertiary alicyclic amines) is 1. The summed E-state index contributed by atoms with van der Waals surface area (Å²) in [7, 11) is 1.83. The third-order valence-electron chi connectivity index (χ3n) is 5.59. The molecule has 4 heterocycles. The molecule has 0 radical (unpaired) electrons. The van der Waals surface area contributed by atoms with E-state index in [0.29, 0.717) is 19.5 Å². The van der Waals surface area contributed by atoms with Gasteiger partial charge >= 0.3 is 6.03 Å². The summed E-state index contributed by atoms with van der Waals surface area (Å²) >= 11 is 0. The third-order valence-corrected chi connectivity index (χ3v) is 5.59. The number of piperidine rings is 2. The van der Waals surface area contributed by atoms with Crippen molar-refractivity contribution in [2.24, 2.45) is 7.05 Å². The van der Waals surface area contributed by atoms with E-state index in [9.17, 15) is 9.59 Å². The van der Waals surface area contributed by atoms with Gasteiger partial charge in [0.15, 0.2) is 0 Å². The number of hydrogen-bond donors (Lipinski definition) is 2. The molecule has 9 nitrogen and oxygen atoms in total. The summed E-state index contributed by atoms with van der Waals surface area (Å²) in [5.41, 5.74) is 0.867. The third kappa shape index (κ3) is 3.48. The van der Waals surface area contributed by atoms with Gasteiger partial charge in [-0.05, 0) is 39.0 Å². The average molecular weight is 385 g/mol. The lowest BCUT2D eigenvalue weighted by atomic mass is 10.0. The van der Waals surface area contributed by atoms with Crippen LogP contribution in [0.2, 0.25) is 0 Å². The zero-order valence-corrected chi connectivity index (χ0v) is 16.4. The predicted octanol–water partition coefficient (Wildman–Crippen LogP) is 1.88. The summed E-state index contributed by atoms with van der Waals surface area (Å²) in [5.74, 6) is 1.50. The van der Waals surface area contributed by atoms with Crippen LogP contribution in [0, 0.1) is 6.92 Å². The highest BCUT2D eigenvalue weighted by molar-refractivity contribution is 5.99. The molecular formula is C19H27N7O2. The lowest BCUT2D eigenvalue weighted by molar-refractivity contribution is -0.121. The van der Waals surface area contributed by atoms with Crippen molar-refractivity contribution in [3.05, 3.63) is 30.0 Å². The molecule has 28 heavy (non-hydrogen) atoms. The van der Waals surface area contributed by atoms with Gasteiger partial charge < -0.3 is 15.2 Å². The summed E-state index contributed by atoms with van der Waals surface area (Å²) in [6.07, 6.45) is 7.87. The maximum absolute atomic E-state index is 13.0. The highest BCUT2D eigenvalue weighted by Gasteiger charge is 2.35. The number of carbonyl (C=O) groups excluding carboxylic acids is 2.